The zero-order chi connectivity index (χ0) is 41.1. The van der Waals surface area contributed by atoms with E-state index in [1.165, 1.54) is 44.9 Å². The maximum absolute atomic E-state index is 14.8. The van der Waals surface area contributed by atoms with Gasteiger partial charge in [-0.05, 0) is 67.3 Å². The lowest BCUT2D eigenvalue weighted by atomic mass is 9.87. The van der Waals surface area contributed by atoms with E-state index in [-0.39, 0.29) is 22.4 Å². The molecule has 2 aromatic heterocycles. The van der Waals surface area contributed by atoms with Crippen LogP contribution in [0.1, 0.15) is 134 Å². The minimum Gasteiger partial charge on any atom is -0.497 e. The van der Waals surface area contributed by atoms with Crippen molar-refractivity contribution < 1.29 is 23.1 Å². The first-order valence-electron chi connectivity index (χ1n) is 21.0. The van der Waals surface area contributed by atoms with Gasteiger partial charge in [0.2, 0.25) is 5.91 Å². The number of hydrogen-bond donors (Lipinski definition) is 1. The number of halogens is 2. The highest BCUT2D eigenvalue weighted by Gasteiger charge is 2.27. The molecule has 1 aliphatic rings. The summed E-state index contributed by atoms with van der Waals surface area (Å²) in [5.41, 5.74) is 4.82. The van der Waals surface area contributed by atoms with Gasteiger partial charge in [-0.15, -0.1) is 0 Å². The summed E-state index contributed by atoms with van der Waals surface area (Å²) in [5, 5.41) is 8.28. The van der Waals surface area contributed by atoms with Crippen molar-refractivity contribution in [3.63, 3.8) is 0 Å². The van der Waals surface area contributed by atoms with Gasteiger partial charge >= 0.3 is 0 Å². The normalized spacial score (nSPS) is 13.6. The number of methoxy groups -OCH3 is 1. The summed E-state index contributed by atoms with van der Waals surface area (Å²) in [5.74, 6) is 0.565. The summed E-state index contributed by atoms with van der Waals surface area (Å²) < 4.78 is 38.7. The van der Waals surface area contributed by atoms with E-state index < -0.39 is 12.5 Å². The summed E-state index contributed by atoms with van der Waals surface area (Å²) in [6.45, 7) is 9.06. The number of rotatable bonds is 21. The van der Waals surface area contributed by atoms with Crippen LogP contribution < -0.4 is 20.5 Å². The van der Waals surface area contributed by atoms with Crippen molar-refractivity contribution in [1.82, 2.24) is 19.7 Å². The Morgan fingerprint density at radius 3 is 2.19 bits per heavy atom. The first kappa shape index (κ1) is 43.6. The number of carbonyl (C=O) groups is 2. The van der Waals surface area contributed by atoms with E-state index in [1.807, 2.05) is 55.9 Å². The van der Waals surface area contributed by atoms with Crippen LogP contribution in [0.5, 0.6) is 5.75 Å². The van der Waals surface area contributed by atoms with Gasteiger partial charge in [-0.1, -0.05) is 85.0 Å². The number of fused-ring (bicyclic) bond motifs is 2. The van der Waals surface area contributed by atoms with Crippen LogP contribution in [0.4, 0.5) is 20.2 Å². The molecule has 57 heavy (non-hydrogen) atoms. The number of benzene rings is 2. The number of nitrogens with zero attached hydrogens (tertiary/aromatic N) is 4. The number of aldehydes is 1. The van der Waals surface area contributed by atoms with Gasteiger partial charge in [-0.25, -0.2) is 8.78 Å². The highest BCUT2D eigenvalue weighted by atomic mass is 19.3. The van der Waals surface area contributed by atoms with Crippen LogP contribution in [0.25, 0.3) is 22.0 Å². The number of carbonyl (C=O) groups excluding carboxylic acids is 2. The molecule has 0 spiro atoms. The van der Waals surface area contributed by atoms with Gasteiger partial charge in [0.1, 0.15) is 12.0 Å². The van der Waals surface area contributed by atoms with Gasteiger partial charge in [0.25, 0.3) is 12.0 Å². The monoisotopic (exact) mass is 787 g/mol. The number of unbranched alkanes of at least 4 members (excludes halogenated alkanes) is 11. The third kappa shape index (κ3) is 11.3. The Balaban J connectivity index is 1.07. The Bertz CT molecular complexity index is 2030. The second-order valence-corrected chi connectivity index (χ2v) is 16.9. The maximum Gasteiger partial charge on any atom is 0.264 e. The van der Waals surface area contributed by atoms with Gasteiger partial charge in [0.15, 0.2) is 0 Å². The third-order valence-electron chi connectivity index (χ3n) is 11.5. The summed E-state index contributed by atoms with van der Waals surface area (Å²) in [7, 11) is 3.33. The molecule has 0 radical (unpaired) electrons. The molecule has 0 saturated carbocycles. The lowest BCUT2D eigenvalue weighted by Crippen LogP contribution is -2.44. The molecule has 0 fully saturated rings. The van der Waals surface area contributed by atoms with Gasteiger partial charge in [-0.3, -0.25) is 14.3 Å². The van der Waals surface area contributed by atoms with Gasteiger partial charge in [-0.2, -0.15) is 5.10 Å². The van der Waals surface area contributed by atoms with Crippen molar-refractivity contribution in [2.45, 2.75) is 143 Å². The number of ether oxygens (including phenoxy) is 1. The van der Waals surface area contributed by atoms with Crippen molar-refractivity contribution in [3.8, 4) is 16.9 Å². The van der Waals surface area contributed by atoms with Crippen LogP contribution in [0.15, 0.2) is 47.5 Å². The number of pyridine rings is 1. The molecule has 0 saturated heterocycles. The largest absolute Gasteiger partial charge is 0.497 e. The number of hydrogen-bond acceptors (Lipinski definition) is 6. The Morgan fingerprint density at radius 1 is 0.930 bits per heavy atom. The molecule has 1 amide bonds. The molecule has 9 nitrogen and oxygen atoms in total. The predicted octanol–water partition coefficient (Wildman–Crippen LogP) is 10.5. The zero-order valence-corrected chi connectivity index (χ0v) is 35.0. The lowest BCUT2D eigenvalue weighted by molar-refractivity contribution is -0.125. The summed E-state index contributed by atoms with van der Waals surface area (Å²) in [4.78, 5) is 38.3. The SMILES string of the molecule is COc1cc(N2CCCc3cc(-c4cnn(CCCCCCCCCCCCCCC(=O)NC(C=O)C(C)(C)C)c4)c(C(F)F)cc32)c2cc(C)c(=O)n(C)c2c1. The fourth-order valence-electron chi connectivity index (χ4n) is 8.00. The lowest BCUT2D eigenvalue weighted by Gasteiger charge is -2.34. The van der Waals surface area contributed by atoms with Crippen molar-refractivity contribution >= 4 is 34.5 Å². The Morgan fingerprint density at radius 2 is 1.58 bits per heavy atom. The average molecular weight is 788 g/mol. The summed E-state index contributed by atoms with van der Waals surface area (Å²) in [6, 6.07) is 8.79. The van der Waals surface area contributed by atoms with Crippen LogP contribution in [-0.4, -0.2) is 46.2 Å². The molecule has 11 heteroatoms. The summed E-state index contributed by atoms with van der Waals surface area (Å²) in [6.07, 6.45) is 17.6. The number of nitrogens with one attached hydrogen (secondary N) is 1. The minimum absolute atomic E-state index is 0.0122. The zero-order valence-electron chi connectivity index (χ0n) is 35.0. The first-order valence-corrected chi connectivity index (χ1v) is 21.0. The minimum atomic E-state index is -2.66. The molecule has 310 valence electrons. The van der Waals surface area contributed by atoms with Gasteiger partial charge in [0, 0.05) is 72.7 Å². The van der Waals surface area contributed by atoms with Crippen LogP contribution in [0, 0.1) is 12.3 Å². The topological polar surface area (TPSA) is 98.5 Å². The van der Waals surface area contributed by atoms with Crippen LogP contribution >= 0.6 is 0 Å². The number of anilines is 2. The Labute approximate surface area is 337 Å². The molecular weight excluding hydrogens is 725 g/mol. The standard InChI is InChI=1S/C46H63F2N5O4/c1-32-24-38-40(51(5)45(32)56)26-35(57-6)27-41(38)53-23-19-20-33-25-36(37(44(47)48)28-39(33)53)34-29-49-52(30-34)22-18-16-14-12-10-8-7-9-11-13-15-17-21-43(55)50-42(31-54)46(2,3)4/h24-31,42,44H,7-23H2,1-6H3,(H,50,55). The van der Waals surface area contributed by atoms with Crippen molar-refractivity contribution in [2.24, 2.45) is 12.5 Å². The third-order valence-corrected chi connectivity index (χ3v) is 11.5. The smallest absolute Gasteiger partial charge is 0.264 e. The molecule has 1 N–H and O–H groups in total. The first-order chi connectivity index (χ1) is 27.3. The van der Waals surface area contributed by atoms with Crippen molar-refractivity contribution in [2.75, 3.05) is 18.6 Å². The average Bonchev–Trinajstić information content (AvgIpc) is 3.66. The fourth-order valence-corrected chi connectivity index (χ4v) is 8.00. The van der Waals surface area contributed by atoms with Crippen LogP contribution in [0.3, 0.4) is 0 Å². The highest BCUT2D eigenvalue weighted by Crippen LogP contribution is 2.44. The van der Waals surface area contributed by atoms with E-state index in [9.17, 15) is 23.2 Å². The van der Waals surface area contributed by atoms with Gasteiger partial charge in [0.05, 0.1) is 30.6 Å². The Kier molecular flexibility index (Phi) is 15.5. The highest BCUT2D eigenvalue weighted by molar-refractivity contribution is 5.97. The molecule has 4 aromatic rings. The molecular formula is C46H63F2N5O4. The number of alkyl halides is 2. The van der Waals surface area contributed by atoms with E-state index in [0.29, 0.717) is 35.4 Å². The molecule has 2 aromatic carbocycles. The van der Waals surface area contributed by atoms with E-state index in [2.05, 4.69) is 15.3 Å². The number of aromatic nitrogens is 3. The number of amides is 1. The molecule has 0 bridgehead atoms. The summed E-state index contributed by atoms with van der Waals surface area (Å²) >= 11 is 0. The Hall–Kier alpha value is -4.54. The van der Waals surface area contributed by atoms with E-state index >= 15 is 0 Å². The van der Waals surface area contributed by atoms with Crippen LogP contribution in [0.2, 0.25) is 0 Å². The van der Waals surface area contributed by atoms with Gasteiger partial charge < -0.3 is 24.3 Å². The molecule has 1 aliphatic heterocycles. The molecule has 0 aliphatic carbocycles. The van der Waals surface area contributed by atoms with Crippen molar-refractivity contribution in [1.29, 1.82) is 0 Å². The molecule has 3 heterocycles. The molecule has 1 atom stereocenters. The molecule has 5 rings (SSSR count). The molecule has 1 unspecified atom stereocenters. The second-order valence-electron chi connectivity index (χ2n) is 16.9. The maximum atomic E-state index is 14.8. The quantitative estimate of drug-likeness (QED) is 0.0667. The van der Waals surface area contributed by atoms with Crippen molar-refractivity contribution in [3.05, 3.63) is 69.8 Å². The van der Waals surface area contributed by atoms with E-state index in [1.54, 1.807) is 37.9 Å². The van der Waals surface area contributed by atoms with E-state index in [4.69, 9.17) is 4.74 Å². The fraction of sp³-hybridized carbons (Fsp3) is 0.565. The predicted molar refractivity (Wildman–Crippen MR) is 226 cm³/mol. The van der Waals surface area contributed by atoms with E-state index in [0.717, 1.165) is 85.6 Å². The second kappa shape index (κ2) is 20.2. The van der Waals surface area contributed by atoms with Crippen LogP contribution in [-0.2, 0) is 29.6 Å². The number of aryl methyl sites for hydroxylation is 4.